The smallest absolute Gasteiger partial charge is 0.103 e. The van der Waals surface area contributed by atoms with Crippen LogP contribution in [-0.4, -0.2) is 53.0 Å². The average molecular weight is 491 g/mol. The maximum atomic E-state index is 9.79. The van der Waals surface area contributed by atoms with Crippen LogP contribution in [-0.2, 0) is 6.54 Å². The first kappa shape index (κ1) is 24.8. The molecule has 188 valence electrons. The Morgan fingerprint density at radius 2 is 1.97 bits per heavy atom. The van der Waals surface area contributed by atoms with E-state index in [1.807, 2.05) is 24.5 Å². The van der Waals surface area contributed by atoms with Gasteiger partial charge < -0.3 is 15.2 Å². The molecule has 5 rings (SSSR count). The Hall–Kier alpha value is -3.92. The number of aromatic nitrogens is 2. The van der Waals surface area contributed by atoms with Crippen molar-refractivity contribution in [3.8, 4) is 6.07 Å². The summed E-state index contributed by atoms with van der Waals surface area (Å²) < 4.78 is 0. The number of hydrogen-bond acceptors (Lipinski definition) is 5. The number of nitrogens with zero attached hydrogens (tertiary/aromatic N) is 4. The van der Waals surface area contributed by atoms with Gasteiger partial charge >= 0.3 is 0 Å². The van der Waals surface area contributed by atoms with Crippen LogP contribution in [0.15, 0.2) is 61.1 Å². The first-order valence-corrected chi connectivity index (χ1v) is 12.9. The Morgan fingerprint density at radius 1 is 1.14 bits per heavy atom. The molecule has 6 heteroatoms. The summed E-state index contributed by atoms with van der Waals surface area (Å²) in [5.41, 5.74) is 7.84. The van der Waals surface area contributed by atoms with Crippen LogP contribution in [0.25, 0.3) is 23.1 Å². The van der Waals surface area contributed by atoms with Gasteiger partial charge in [0.2, 0.25) is 0 Å². The van der Waals surface area contributed by atoms with Crippen molar-refractivity contribution in [2.75, 3.05) is 32.5 Å². The molecule has 1 saturated heterocycles. The Bertz CT molecular complexity index is 1450. The predicted molar refractivity (Wildman–Crippen MR) is 153 cm³/mol. The van der Waals surface area contributed by atoms with Gasteiger partial charge in [-0.2, -0.15) is 5.26 Å². The average Bonchev–Trinajstić information content (AvgIpc) is 3.40. The maximum Gasteiger partial charge on any atom is 0.103 e. The SMILES string of the molecule is Cc1c(Nc2c(C#N)cncc2C=Cc2cccc(CN3CCC(N(C)C)CC3)c2)ccc2[nH]ccc12. The summed E-state index contributed by atoms with van der Waals surface area (Å²) >= 11 is 0. The highest BCUT2D eigenvalue weighted by atomic mass is 15.2. The van der Waals surface area contributed by atoms with Gasteiger partial charge in [0, 0.05) is 53.3 Å². The van der Waals surface area contributed by atoms with E-state index in [2.05, 4.69) is 94.6 Å². The molecule has 0 amide bonds. The Labute approximate surface area is 219 Å². The molecule has 1 aliphatic heterocycles. The Morgan fingerprint density at radius 3 is 2.76 bits per heavy atom. The number of pyridine rings is 1. The van der Waals surface area contributed by atoms with Crippen molar-refractivity contribution >= 4 is 34.4 Å². The molecule has 1 fully saturated rings. The summed E-state index contributed by atoms with van der Waals surface area (Å²) in [6.45, 7) is 5.34. The molecule has 6 nitrogen and oxygen atoms in total. The van der Waals surface area contributed by atoms with Crippen molar-refractivity contribution in [2.45, 2.75) is 32.4 Å². The number of H-pyrrole nitrogens is 1. The van der Waals surface area contributed by atoms with Crippen molar-refractivity contribution in [1.29, 1.82) is 5.26 Å². The largest absolute Gasteiger partial charge is 0.361 e. The van der Waals surface area contributed by atoms with E-state index in [0.717, 1.165) is 58.6 Å². The third kappa shape index (κ3) is 5.59. The fourth-order valence-corrected chi connectivity index (χ4v) is 5.21. The molecule has 0 radical (unpaired) electrons. The summed E-state index contributed by atoms with van der Waals surface area (Å²) in [5, 5.41) is 14.5. The minimum Gasteiger partial charge on any atom is -0.361 e. The number of fused-ring (bicyclic) bond motifs is 1. The molecular weight excluding hydrogens is 456 g/mol. The number of anilines is 2. The van der Waals surface area contributed by atoms with Crippen LogP contribution in [0.4, 0.5) is 11.4 Å². The monoisotopic (exact) mass is 490 g/mol. The summed E-state index contributed by atoms with van der Waals surface area (Å²) in [5.74, 6) is 0. The van der Waals surface area contributed by atoms with Crippen LogP contribution in [0.3, 0.4) is 0 Å². The second kappa shape index (κ2) is 11.0. The second-order valence-corrected chi connectivity index (χ2v) is 10.1. The van der Waals surface area contributed by atoms with E-state index < -0.39 is 0 Å². The Kier molecular flexibility index (Phi) is 7.36. The van der Waals surface area contributed by atoms with Crippen LogP contribution < -0.4 is 5.32 Å². The van der Waals surface area contributed by atoms with E-state index in [9.17, 15) is 5.26 Å². The number of hydrogen-bond donors (Lipinski definition) is 2. The lowest BCUT2D eigenvalue weighted by Crippen LogP contribution is -2.41. The first-order valence-electron chi connectivity index (χ1n) is 12.9. The quantitative estimate of drug-likeness (QED) is 0.324. The molecule has 0 saturated carbocycles. The highest BCUT2D eigenvalue weighted by molar-refractivity contribution is 5.90. The van der Waals surface area contributed by atoms with Gasteiger partial charge in [0.05, 0.1) is 11.3 Å². The number of rotatable bonds is 7. The van der Waals surface area contributed by atoms with Gasteiger partial charge in [-0.05, 0) is 81.8 Å². The van der Waals surface area contributed by atoms with Crippen molar-refractivity contribution in [3.63, 3.8) is 0 Å². The van der Waals surface area contributed by atoms with Crippen molar-refractivity contribution < 1.29 is 0 Å². The molecule has 1 aliphatic rings. The van der Waals surface area contributed by atoms with E-state index >= 15 is 0 Å². The molecule has 0 bridgehead atoms. The zero-order valence-electron chi connectivity index (χ0n) is 21.8. The molecule has 4 aromatic rings. The van der Waals surface area contributed by atoms with E-state index in [1.54, 1.807) is 6.20 Å². The highest BCUT2D eigenvalue weighted by Crippen LogP contribution is 2.31. The molecule has 2 aromatic carbocycles. The third-order valence-electron chi connectivity index (χ3n) is 7.46. The van der Waals surface area contributed by atoms with E-state index in [-0.39, 0.29) is 0 Å². The molecule has 37 heavy (non-hydrogen) atoms. The molecule has 0 spiro atoms. The molecule has 0 atom stereocenters. The van der Waals surface area contributed by atoms with Gasteiger partial charge in [-0.25, -0.2) is 0 Å². The van der Waals surface area contributed by atoms with Gasteiger partial charge in [-0.3, -0.25) is 9.88 Å². The maximum absolute atomic E-state index is 9.79. The number of piperidine rings is 1. The number of likely N-dealkylation sites (tertiary alicyclic amines) is 1. The van der Waals surface area contributed by atoms with Crippen LogP contribution in [0, 0.1) is 18.3 Å². The minimum atomic E-state index is 0.519. The van der Waals surface area contributed by atoms with Crippen molar-refractivity contribution in [3.05, 3.63) is 88.9 Å². The number of nitrogens with one attached hydrogen (secondary N) is 2. The lowest BCUT2D eigenvalue weighted by molar-refractivity contribution is 0.140. The van der Waals surface area contributed by atoms with Gasteiger partial charge in [0.25, 0.3) is 0 Å². The van der Waals surface area contributed by atoms with Gasteiger partial charge in [-0.15, -0.1) is 0 Å². The zero-order valence-corrected chi connectivity index (χ0v) is 21.8. The van der Waals surface area contributed by atoms with E-state index in [0.29, 0.717) is 11.6 Å². The molecule has 0 unspecified atom stereocenters. The second-order valence-electron chi connectivity index (χ2n) is 10.1. The summed E-state index contributed by atoms with van der Waals surface area (Å²) in [6, 6.07) is 17.9. The molecule has 2 aromatic heterocycles. The minimum absolute atomic E-state index is 0.519. The van der Waals surface area contributed by atoms with Crippen LogP contribution in [0.2, 0.25) is 0 Å². The number of nitriles is 1. The summed E-state index contributed by atoms with van der Waals surface area (Å²) in [4.78, 5) is 12.5. The van der Waals surface area contributed by atoms with Crippen LogP contribution in [0.1, 0.15) is 40.7 Å². The summed E-state index contributed by atoms with van der Waals surface area (Å²) in [6.07, 6.45) is 12.0. The van der Waals surface area contributed by atoms with Crippen molar-refractivity contribution in [2.24, 2.45) is 0 Å². The van der Waals surface area contributed by atoms with Crippen LogP contribution >= 0.6 is 0 Å². The lowest BCUT2D eigenvalue weighted by Gasteiger charge is -2.35. The third-order valence-corrected chi connectivity index (χ3v) is 7.46. The molecule has 0 aliphatic carbocycles. The van der Waals surface area contributed by atoms with Gasteiger partial charge in [-0.1, -0.05) is 36.4 Å². The van der Waals surface area contributed by atoms with E-state index in [1.165, 1.54) is 18.4 Å². The number of benzene rings is 2. The fourth-order valence-electron chi connectivity index (χ4n) is 5.21. The van der Waals surface area contributed by atoms with E-state index in [4.69, 9.17) is 0 Å². The Balaban J connectivity index is 1.35. The fraction of sp³-hybridized carbons (Fsp3) is 0.290. The molecule has 2 N–H and O–H groups in total. The summed E-state index contributed by atoms with van der Waals surface area (Å²) in [7, 11) is 4.36. The number of aryl methyl sites for hydroxylation is 1. The highest BCUT2D eigenvalue weighted by Gasteiger charge is 2.20. The lowest BCUT2D eigenvalue weighted by atomic mass is 10.0. The standard InChI is InChI=1S/C31H34N6/c1-22-28-11-14-34-30(28)10-9-29(22)35-31-25(19-33-20-26(31)18-32)8-7-23-5-4-6-24(17-23)21-37-15-12-27(13-16-37)36(2)3/h4-11,14,17,19-20,27,34H,12-13,15-16,21H2,1-3H3,(H,33,35). The number of aromatic amines is 1. The van der Waals surface area contributed by atoms with Gasteiger partial charge in [0.15, 0.2) is 0 Å². The van der Waals surface area contributed by atoms with Crippen molar-refractivity contribution in [1.82, 2.24) is 19.8 Å². The van der Waals surface area contributed by atoms with Gasteiger partial charge in [0.1, 0.15) is 6.07 Å². The topological polar surface area (TPSA) is 71.0 Å². The predicted octanol–water partition coefficient (Wildman–Crippen LogP) is 6.18. The normalized spacial score (nSPS) is 15.0. The molecule has 3 heterocycles. The first-order chi connectivity index (χ1) is 18.0. The molecular formula is C31H34N6. The van der Waals surface area contributed by atoms with Crippen LogP contribution in [0.5, 0.6) is 0 Å². The zero-order chi connectivity index (χ0) is 25.8.